The van der Waals surface area contributed by atoms with Gasteiger partial charge in [-0.1, -0.05) is 12.1 Å². The van der Waals surface area contributed by atoms with Crippen molar-refractivity contribution in [1.29, 1.82) is 0 Å². The molecule has 8 heteroatoms. The summed E-state index contributed by atoms with van der Waals surface area (Å²) in [5.74, 6) is -1.55. The minimum absolute atomic E-state index is 0.133. The molecule has 0 bridgehead atoms. The third kappa shape index (κ3) is 6.18. The molecule has 0 aliphatic heterocycles. The van der Waals surface area contributed by atoms with E-state index in [4.69, 9.17) is 19.9 Å². The molecule has 7 nitrogen and oxygen atoms in total. The van der Waals surface area contributed by atoms with Gasteiger partial charge < -0.3 is 25.3 Å². The van der Waals surface area contributed by atoms with Crippen LogP contribution in [0.5, 0.6) is 5.75 Å². The van der Waals surface area contributed by atoms with Crippen molar-refractivity contribution in [3.8, 4) is 16.9 Å². The maximum absolute atomic E-state index is 14.0. The summed E-state index contributed by atoms with van der Waals surface area (Å²) in [5, 5.41) is 2.64. The van der Waals surface area contributed by atoms with Crippen LogP contribution in [0, 0.1) is 5.82 Å². The quantitative estimate of drug-likeness (QED) is 0.513. The van der Waals surface area contributed by atoms with Crippen LogP contribution >= 0.6 is 0 Å². The molecule has 1 amide bonds. The van der Waals surface area contributed by atoms with Gasteiger partial charge in [-0.25, -0.2) is 9.18 Å². The number of carbonyl (C=O) groups excluding carboxylic acids is 2. The van der Waals surface area contributed by atoms with Crippen molar-refractivity contribution in [2.24, 2.45) is 0 Å². The Morgan fingerprint density at radius 3 is 2.19 bits per heavy atom. The van der Waals surface area contributed by atoms with Crippen LogP contribution in [-0.4, -0.2) is 43.8 Å². The third-order valence-corrected chi connectivity index (χ3v) is 4.53. The Kier molecular flexibility index (Phi) is 7.62. The fraction of sp³-hybridized carbons (Fsp3) is 0.391. The first-order valence-electron chi connectivity index (χ1n) is 9.76. The van der Waals surface area contributed by atoms with Crippen molar-refractivity contribution >= 4 is 17.6 Å². The Hall–Kier alpha value is -3.13. The average Bonchev–Trinajstić information content (AvgIpc) is 2.69. The number of ether oxygens (including phenoxy) is 3. The second-order valence-electron chi connectivity index (χ2n) is 8.06. The van der Waals surface area contributed by atoms with E-state index in [0.29, 0.717) is 11.1 Å². The van der Waals surface area contributed by atoms with Crippen LogP contribution in [0.1, 0.15) is 38.1 Å². The molecular weight excluding hydrogens is 403 g/mol. The minimum atomic E-state index is -1.02. The van der Waals surface area contributed by atoms with Gasteiger partial charge in [-0.3, -0.25) is 4.79 Å². The monoisotopic (exact) mass is 432 g/mol. The molecule has 0 aromatic heterocycles. The van der Waals surface area contributed by atoms with E-state index in [-0.39, 0.29) is 17.0 Å². The molecule has 0 unspecified atom stereocenters. The number of benzene rings is 2. The number of anilines is 1. The van der Waals surface area contributed by atoms with Gasteiger partial charge >= 0.3 is 5.97 Å². The molecule has 0 aliphatic carbocycles. The third-order valence-electron chi connectivity index (χ3n) is 4.53. The standard InChI is InChI=1S/C23H29FN2O5/c1-13(31-23(2,3)4)20(22(28)30-6)26-21(27)16-9-7-15(12-18(16)25)14-8-10-19(29-5)17(24)11-14/h7-13,20H,25H2,1-6H3,(H,26,27)/t13-,20+/m1/s1. The molecule has 0 heterocycles. The molecule has 2 rings (SSSR count). The summed E-state index contributed by atoms with van der Waals surface area (Å²) in [6, 6.07) is 8.24. The lowest BCUT2D eigenvalue weighted by atomic mass is 10.0. The van der Waals surface area contributed by atoms with Gasteiger partial charge in [-0.05, 0) is 63.1 Å². The van der Waals surface area contributed by atoms with Crippen molar-refractivity contribution in [2.75, 3.05) is 20.0 Å². The largest absolute Gasteiger partial charge is 0.494 e. The molecule has 31 heavy (non-hydrogen) atoms. The maximum Gasteiger partial charge on any atom is 0.331 e. The summed E-state index contributed by atoms with van der Waals surface area (Å²) in [6.45, 7) is 7.22. The Morgan fingerprint density at radius 2 is 1.68 bits per heavy atom. The van der Waals surface area contributed by atoms with Gasteiger partial charge in [0.15, 0.2) is 17.6 Å². The van der Waals surface area contributed by atoms with Crippen molar-refractivity contribution in [2.45, 2.75) is 45.4 Å². The number of halogens is 1. The highest BCUT2D eigenvalue weighted by Gasteiger charge is 2.32. The first kappa shape index (κ1) is 24.1. The molecule has 3 N–H and O–H groups in total. The molecule has 0 saturated heterocycles. The lowest BCUT2D eigenvalue weighted by Crippen LogP contribution is -2.51. The van der Waals surface area contributed by atoms with Gasteiger partial charge in [0.2, 0.25) is 0 Å². The van der Waals surface area contributed by atoms with E-state index < -0.39 is 35.4 Å². The number of amides is 1. The van der Waals surface area contributed by atoms with Crippen LogP contribution in [0.25, 0.3) is 11.1 Å². The highest BCUT2D eigenvalue weighted by atomic mass is 19.1. The zero-order valence-corrected chi connectivity index (χ0v) is 18.6. The smallest absolute Gasteiger partial charge is 0.331 e. The van der Waals surface area contributed by atoms with E-state index in [9.17, 15) is 14.0 Å². The molecule has 0 fully saturated rings. The van der Waals surface area contributed by atoms with Crippen molar-refractivity contribution < 1.29 is 28.2 Å². The van der Waals surface area contributed by atoms with Crippen molar-refractivity contribution in [3.05, 3.63) is 47.8 Å². The number of nitrogens with two attached hydrogens (primary N) is 1. The molecule has 0 radical (unpaired) electrons. The van der Waals surface area contributed by atoms with E-state index in [1.807, 2.05) is 20.8 Å². The number of methoxy groups -OCH3 is 2. The molecule has 0 aliphatic rings. The lowest BCUT2D eigenvalue weighted by Gasteiger charge is -2.30. The predicted molar refractivity (Wildman–Crippen MR) is 116 cm³/mol. The Morgan fingerprint density at radius 1 is 1.06 bits per heavy atom. The number of nitrogen functional groups attached to an aromatic ring is 1. The Labute approximate surface area is 181 Å². The number of rotatable bonds is 7. The van der Waals surface area contributed by atoms with Crippen LogP contribution in [0.3, 0.4) is 0 Å². The van der Waals surface area contributed by atoms with E-state index in [1.165, 1.54) is 32.4 Å². The zero-order valence-electron chi connectivity index (χ0n) is 18.6. The first-order valence-corrected chi connectivity index (χ1v) is 9.76. The molecule has 168 valence electrons. The highest BCUT2D eigenvalue weighted by molar-refractivity contribution is 6.01. The number of carbonyl (C=O) groups is 2. The van der Waals surface area contributed by atoms with E-state index in [2.05, 4.69) is 5.32 Å². The number of hydrogen-bond acceptors (Lipinski definition) is 6. The SMILES string of the molecule is COC(=O)[C@@H](NC(=O)c1ccc(-c2ccc(OC)c(F)c2)cc1N)[C@@H](C)OC(C)(C)C. The number of nitrogens with one attached hydrogen (secondary N) is 1. The predicted octanol–water partition coefficient (Wildman–Crippen LogP) is 3.56. The van der Waals surface area contributed by atoms with Gasteiger partial charge in [0, 0.05) is 5.69 Å². The van der Waals surface area contributed by atoms with Gasteiger partial charge in [-0.15, -0.1) is 0 Å². The summed E-state index contributed by atoms with van der Waals surface area (Å²) in [6.07, 6.45) is -0.640. The second kappa shape index (κ2) is 9.78. The summed E-state index contributed by atoms with van der Waals surface area (Å²) in [4.78, 5) is 25.0. The summed E-state index contributed by atoms with van der Waals surface area (Å²) >= 11 is 0. The van der Waals surface area contributed by atoms with E-state index in [1.54, 1.807) is 25.1 Å². The van der Waals surface area contributed by atoms with Gasteiger partial charge in [0.25, 0.3) is 5.91 Å². The topological polar surface area (TPSA) is 99.9 Å². The minimum Gasteiger partial charge on any atom is -0.494 e. The highest BCUT2D eigenvalue weighted by Crippen LogP contribution is 2.28. The van der Waals surface area contributed by atoms with Crippen molar-refractivity contribution in [1.82, 2.24) is 5.32 Å². The zero-order chi connectivity index (χ0) is 23.3. The van der Waals surface area contributed by atoms with Gasteiger partial charge in [-0.2, -0.15) is 0 Å². The molecule has 2 aromatic carbocycles. The van der Waals surface area contributed by atoms with Crippen LogP contribution in [0.2, 0.25) is 0 Å². The van der Waals surface area contributed by atoms with E-state index in [0.717, 1.165) is 0 Å². The first-order chi connectivity index (χ1) is 14.5. The van der Waals surface area contributed by atoms with Crippen LogP contribution in [0.4, 0.5) is 10.1 Å². The normalized spacial score (nSPS) is 13.3. The van der Waals surface area contributed by atoms with Crippen LogP contribution < -0.4 is 15.8 Å². The number of hydrogen-bond donors (Lipinski definition) is 2. The molecule has 0 spiro atoms. The summed E-state index contributed by atoms with van der Waals surface area (Å²) < 4.78 is 29.6. The molecule has 0 saturated carbocycles. The molecule has 2 aromatic rings. The van der Waals surface area contributed by atoms with Gasteiger partial charge in [0.1, 0.15) is 0 Å². The number of esters is 1. The van der Waals surface area contributed by atoms with E-state index >= 15 is 0 Å². The second-order valence-corrected chi connectivity index (χ2v) is 8.06. The molecule has 2 atom stereocenters. The Bertz CT molecular complexity index is 955. The fourth-order valence-corrected chi connectivity index (χ4v) is 3.13. The van der Waals surface area contributed by atoms with Crippen LogP contribution in [-0.2, 0) is 14.3 Å². The van der Waals surface area contributed by atoms with Crippen molar-refractivity contribution in [3.63, 3.8) is 0 Å². The summed E-state index contributed by atoms with van der Waals surface area (Å²) in [7, 11) is 2.63. The summed E-state index contributed by atoms with van der Waals surface area (Å²) in [5.41, 5.74) is 7.13. The Balaban J connectivity index is 2.26. The maximum atomic E-state index is 14.0. The fourth-order valence-electron chi connectivity index (χ4n) is 3.13. The van der Waals surface area contributed by atoms with Crippen LogP contribution in [0.15, 0.2) is 36.4 Å². The van der Waals surface area contributed by atoms with Gasteiger partial charge in [0.05, 0.1) is 31.5 Å². The molecular formula is C23H29FN2O5. The lowest BCUT2D eigenvalue weighted by molar-refractivity contribution is -0.150. The average molecular weight is 432 g/mol.